The van der Waals surface area contributed by atoms with E-state index in [1.165, 1.54) is 17.1 Å². The average Bonchev–Trinajstić information content (AvgIpc) is 2.69. The lowest BCUT2D eigenvalue weighted by molar-refractivity contribution is 0.299. The van der Waals surface area contributed by atoms with Gasteiger partial charge in [-0.15, -0.1) is 5.10 Å². The van der Waals surface area contributed by atoms with E-state index in [1.54, 1.807) is 0 Å². The minimum atomic E-state index is 0.457. The lowest BCUT2D eigenvalue weighted by Crippen LogP contribution is -1.96. The third kappa shape index (κ3) is 2.76. The molecule has 1 aromatic carbocycles. The topological polar surface area (TPSA) is 35.0 Å². The van der Waals surface area contributed by atoms with Crippen molar-refractivity contribution in [1.29, 1.82) is 0 Å². The van der Waals surface area contributed by atoms with Gasteiger partial charge in [-0.25, -0.2) is 0 Å². The minimum Gasteiger partial charge on any atom is -0.486 e. The number of hydrogen-bond donors (Lipinski definition) is 0. The fourth-order valence-electron chi connectivity index (χ4n) is 1.12. The summed E-state index contributed by atoms with van der Waals surface area (Å²) in [6.07, 6.45) is 0. The summed E-state index contributed by atoms with van der Waals surface area (Å²) in [5.41, 5.74) is 2.05. The molecular weight excluding hydrogens is 276 g/mol. The summed E-state index contributed by atoms with van der Waals surface area (Å²) in [4.78, 5) is 0. The molecule has 0 saturated heterocycles. The number of rotatable bonds is 3. The lowest BCUT2D eigenvalue weighted by Gasteiger charge is -2.06. The van der Waals surface area contributed by atoms with Gasteiger partial charge < -0.3 is 4.74 Å². The van der Waals surface area contributed by atoms with Crippen molar-refractivity contribution in [2.24, 2.45) is 0 Å². The normalized spacial score (nSPS) is 10.3. The van der Waals surface area contributed by atoms with Crippen LogP contribution in [0.5, 0.6) is 5.75 Å². The van der Waals surface area contributed by atoms with Crippen molar-refractivity contribution in [3.63, 3.8) is 0 Å². The Morgan fingerprint density at radius 3 is 3.00 bits per heavy atom. The Balaban J connectivity index is 2.05. The van der Waals surface area contributed by atoms with Crippen LogP contribution >= 0.6 is 27.5 Å². The highest BCUT2D eigenvalue weighted by atomic mass is 79.9. The first-order chi connectivity index (χ1) is 7.25. The van der Waals surface area contributed by atoms with Gasteiger partial charge in [0.15, 0.2) is 0 Å². The molecule has 0 bridgehead atoms. The first-order valence-corrected chi connectivity index (χ1v) is 6.03. The molecule has 0 aliphatic carbocycles. The van der Waals surface area contributed by atoms with Gasteiger partial charge in [-0.3, -0.25) is 0 Å². The number of halogens is 1. The highest BCUT2D eigenvalue weighted by Crippen LogP contribution is 2.26. The van der Waals surface area contributed by atoms with Gasteiger partial charge in [0.1, 0.15) is 18.1 Å². The summed E-state index contributed by atoms with van der Waals surface area (Å²) in [5, 5.41) is 5.78. The Labute approximate surface area is 100 Å². The van der Waals surface area contributed by atoms with E-state index in [0.29, 0.717) is 6.61 Å². The van der Waals surface area contributed by atoms with Crippen molar-refractivity contribution in [1.82, 2.24) is 9.59 Å². The van der Waals surface area contributed by atoms with E-state index in [1.807, 2.05) is 30.5 Å². The predicted octanol–water partition coefficient (Wildman–Crippen LogP) is 3.19. The van der Waals surface area contributed by atoms with Gasteiger partial charge in [-0.1, -0.05) is 10.6 Å². The van der Waals surface area contributed by atoms with E-state index in [4.69, 9.17) is 4.74 Å². The van der Waals surface area contributed by atoms with E-state index in [0.717, 1.165) is 15.9 Å². The van der Waals surface area contributed by atoms with Crippen molar-refractivity contribution in [3.8, 4) is 5.75 Å². The second-order valence-corrected chi connectivity index (χ2v) is 4.58. The van der Waals surface area contributed by atoms with Crippen LogP contribution in [0.3, 0.4) is 0 Å². The summed E-state index contributed by atoms with van der Waals surface area (Å²) >= 11 is 4.78. The van der Waals surface area contributed by atoms with Crippen molar-refractivity contribution < 1.29 is 4.74 Å². The fourth-order valence-corrected chi connectivity index (χ4v) is 2.17. The highest BCUT2D eigenvalue weighted by molar-refractivity contribution is 9.10. The highest BCUT2D eigenvalue weighted by Gasteiger charge is 2.02. The molecule has 0 amide bonds. The molecular formula is C10H9BrN2OS. The number of hydrogen-bond acceptors (Lipinski definition) is 4. The summed E-state index contributed by atoms with van der Waals surface area (Å²) in [6, 6.07) is 5.98. The second kappa shape index (κ2) is 4.72. The molecule has 5 heteroatoms. The summed E-state index contributed by atoms with van der Waals surface area (Å²) < 4.78 is 10.3. The quantitative estimate of drug-likeness (QED) is 0.868. The standard InChI is InChI=1S/C10H9BrN2OS/c1-7-2-3-10(9(11)4-7)14-5-8-6-15-13-12-8/h2-4,6H,5H2,1H3. The van der Waals surface area contributed by atoms with E-state index in [2.05, 4.69) is 25.5 Å². The number of ether oxygens (including phenoxy) is 1. The zero-order valence-corrected chi connectivity index (χ0v) is 10.5. The molecule has 0 fully saturated rings. The minimum absolute atomic E-state index is 0.457. The Morgan fingerprint density at radius 1 is 1.47 bits per heavy atom. The number of nitrogens with zero attached hydrogens (tertiary/aromatic N) is 2. The number of benzene rings is 1. The molecule has 2 aromatic rings. The van der Waals surface area contributed by atoms with Crippen LogP contribution in [0, 0.1) is 6.92 Å². The van der Waals surface area contributed by atoms with Gasteiger partial charge in [-0.05, 0) is 52.1 Å². The average molecular weight is 285 g/mol. The third-order valence-electron chi connectivity index (χ3n) is 1.87. The zero-order valence-electron chi connectivity index (χ0n) is 8.11. The van der Waals surface area contributed by atoms with E-state index < -0.39 is 0 Å². The molecule has 0 saturated carbocycles. The van der Waals surface area contributed by atoms with Crippen LogP contribution in [-0.4, -0.2) is 9.59 Å². The molecule has 0 aliphatic rings. The smallest absolute Gasteiger partial charge is 0.134 e. The van der Waals surface area contributed by atoms with Crippen molar-refractivity contribution in [3.05, 3.63) is 39.3 Å². The maximum atomic E-state index is 5.59. The van der Waals surface area contributed by atoms with Crippen LogP contribution in [0.4, 0.5) is 0 Å². The van der Waals surface area contributed by atoms with Crippen LogP contribution in [0.2, 0.25) is 0 Å². The molecule has 0 spiro atoms. The largest absolute Gasteiger partial charge is 0.486 e. The number of aromatic nitrogens is 2. The molecule has 15 heavy (non-hydrogen) atoms. The summed E-state index contributed by atoms with van der Waals surface area (Å²) in [6.45, 7) is 2.50. The van der Waals surface area contributed by atoms with E-state index in [-0.39, 0.29) is 0 Å². The van der Waals surface area contributed by atoms with Crippen LogP contribution in [0.25, 0.3) is 0 Å². The number of aryl methyl sites for hydroxylation is 1. The van der Waals surface area contributed by atoms with Crippen LogP contribution in [0.15, 0.2) is 28.1 Å². The van der Waals surface area contributed by atoms with Crippen LogP contribution in [0.1, 0.15) is 11.3 Å². The molecule has 78 valence electrons. The Morgan fingerprint density at radius 2 is 2.33 bits per heavy atom. The van der Waals surface area contributed by atoms with Crippen molar-refractivity contribution >= 4 is 27.5 Å². The lowest BCUT2D eigenvalue weighted by atomic mass is 10.2. The Bertz CT molecular complexity index is 445. The van der Waals surface area contributed by atoms with Gasteiger partial charge in [0.25, 0.3) is 0 Å². The van der Waals surface area contributed by atoms with Crippen LogP contribution < -0.4 is 4.74 Å². The molecule has 0 unspecified atom stereocenters. The first kappa shape index (κ1) is 10.6. The third-order valence-corrected chi connectivity index (χ3v) is 3.04. The van der Waals surface area contributed by atoms with Gasteiger partial charge in [0, 0.05) is 5.38 Å². The molecule has 3 nitrogen and oxygen atoms in total. The summed E-state index contributed by atoms with van der Waals surface area (Å²) in [7, 11) is 0. The maximum Gasteiger partial charge on any atom is 0.134 e. The Hall–Kier alpha value is -0.940. The molecule has 0 N–H and O–H groups in total. The molecule has 1 aromatic heterocycles. The van der Waals surface area contributed by atoms with Gasteiger partial charge in [-0.2, -0.15) is 0 Å². The monoisotopic (exact) mass is 284 g/mol. The van der Waals surface area contributed by atoms with Crippen molar-refractivity contribution in [2.45, 2.75) is 13.5 Å². The Kier molecular flexibility index (Phi) is 3.33. The predicted molar refractivity (Wildman–Crippen MR) is 63.1 cm³/mol. The molecule has 1 heterocycles. The molecule has 2 rings (SSSR count). The van der Waals surface area contributed by atoms with Gasteiger partial charge in [0.2, 0.25) is 0 Å². The zero-order chi connectivity index (χ0) is 10.7. The molecule has 0 atom stereocenters. The van der Waals surface area contributed by atoms with Gasteiger partial charge >= 0.3 is 0 Å². The second-order valence-electron chi connectivity index (χ2n) is 3.12. The fraction of sp³-hybridized carbons (Fsp3) is 0.200. The first-order valence-electron chi connectivity index (χ1n) is 4.40. The SMILES string of the molecule is Cc1ccc(OCc2csnn2)c(Br)c1. The molecule has 0 radical (unpaired) electrons. The van der Waals surface area contributed by atoms with E-state index in [9.17, 15) is 0 Å². The maximum absolute atomic E-state index is 5.59. The molecule has 0 aliphatic heterocycles. The van der Waals surface area contributed by atoms with Crippen LogP contribution in [-0.2, 0) is 6.61 Å². The van der Waals surface area contributed by atoms with E-state index >= 15 is 0 Å². The van der Waals surface area contributed by atoms with Crippen molar-refractivity contribution in [2.75, 3.05) is 0 Å². The summed E-state index contributed by atoms with van der Waals surface area (Å²) in [5.74, 6) is 0.827. The van der Waals surface area contributed by atoms with Gasteiger partial charge in [0.05, 0.1) is 4.47 Å².